The Bertz CT molecular complexity index is 1200. The number of nitrogens with one attached hydrogen (secondary N) is 1. The third-order valence-electron chi connectivity index (χ3n) is 5.04. The molecule has 2 aromatic carbocycles. The predicted molar refractivity (Wildman–Crippen MR) is 126 cm³/mol. The highest BCUT2D eigenvalue weighted by Crippen LogP contribution is 2.30. The minimum Gasteiger partial charge on any atom is -0.497 e. The molecule has 2 aromatic rings. The minimum atomic E-state index is -0.499. The van der Waals surface area contributed by atoms with Crippen LogP contribution in [0.4, 0.5) is 0 Å². The Morgan fingerprint density at radius 1 is 1.03 bits per heavy atom. The van der Waals surface area contributed by atoms with Crippen molar-refractivity contribution < 1.29 is 28.6 Å². The van der Waals surface area contributed by atoms with Gasteiger partial charge in [0.25, 0.3) is 5.91 Å². The number of hydrogen-bond acceptors (Lipinski definition) is 7. The molecule has 4 rings (SSSR count). The van der Waals surface area contributed by atoms with Crippen LogP contribution in [0.5, 0.6) is 23.0 Å². The Morgan fingerprint density at radius 2 is 1.82 bits per heavy atom. The highest BCUT2D eigenvalue weighted by Gasteiger charge is 2.34. The van der Waals surface area contributed by atoms with Gasteiger partial charge in [-0.3, -0.25) is 10.2 Å². The maximum Gasteiger partial charge on any atom is 0.282 e. The fourth-order valence-electron chi connectivity index (χ4n) is 3.38. The van der Waals surface area contributed by atoms with Gasteiger partial charge in [0, 0.05) is 18.6 Å². The predicted octanol–water partition coefficient (Wildman–Crippen LogP) is 4.00. The average molecular weight is 463 g/mol. The van der Waals surface area contributed by atoms with E-state index in [9.17, 15) is 4.79 Å². The van der Waals surface area contributed by atoms with Crippen molar-refractivity contribution in [1.82, 2.24) is 5.06 Å². The lowest BCUT2D eigenvalue weighted by Gasteiger charge is -2.23. The molecule has 0 unspecified atom stereocenters. The molecule has 2 heterocycles. The first kappa shape index (κ1) is 22.9. The lowest BCUT2D eigenvalue weighted by molar-refractivity contribution is -0.114. The van der Waals surface area contributed by atoms with Crippen molar-refractivity contribution in [1.29, 1.82) is 5.41 Å². The Hall–Kier alpha value is -4.27. The highest BCUT2D eigenvalue weighted by molar-refractivity contribution is 6.32. The Morgan fingerprint density at radius 3 is 2.62 bits per heavy atom. The molecular formula is C25H25N3O6. The van der Waals surface area contributed by atoms with E-state index in [1.165, 1.54) is 5.06 Å². The SMILES string of the molecule is COc1cccc(OCCCOc2ccc(/C=C3\C(=N)N4OC(C)=CC4=NC3=O)cc2OC)c1. The number of ether oxygens (including phenoxy) is 4. The van der Waals surface area contributed by atoms with Gasteiger partial charge in [-0.15, -0.1) is 5.06 Å². The summed E-state index contributed by atoms with van der Waals surface area (Å²) in [4.78, 5) is 21.9. The molecule has 34 heavy (non-hydrogen) atoms. The van der Waals surface area contributed by atoms with Gasteiger partial charge in [0.05, 0.1) is 33.0 Å². The number of nitrogens with zero attached hydrogens (tertiary/aromatic N) is 2. The Balaban J connectivity index is 1.36. The largest absolute Gasteiger partial charge is 0.497 e. The first-order chi connectivity index (χ1) is 16.5. The van der Waals surface area contributed by atoms with Crippen LogP contribution in [0.25, 0.3) is 6.08 Å². The number of hydrogen-bond donors (Lipinski definition) is 1. The van der Waals surface area contributed by atoms with Crippen molar-refractivity contribution in [3.8, 4) is 23.0 Å². The second kappa shape index (κ2) is 10.1. The van der Waals surface area contributed by atoms with Crippen molar-refractivity contribution in [2.75, 3.05) is 27.4 Å². The highest BCUT2D eigenvalue weighted by atomic mass is 16.7. The van der Waals surface area contributed by atoms with Gasteiger partial charge in [-0.25, -0.2) is 0 Å². The lowest BCUT2D eigenvalue weighted by Crippen LogP contribution is -2.38. The summed E-state index contributed by atoms with van der Waals surface area (Å²) >= 11 is 0. The van der Waals surface area contributed by atoms with Crippen LogP contribution in [0.15, 0.2) is 64.9 Å². The van der Waals surface area contributed by atoms with E-state index >= 15 is 0 Å². The first-order valence-electron chi connectivity index (χ1n) is 10.7. The zero-order chi connectivity index (χ0) is 24.1. The second-order valence-electron chi connectivity index (χ2n) is 7.46. The Labute approximate surface area is 197 Å². The minimum absolute atomic E-state index is 0.0709. The van der Waals surface area contributed by atoms with Crippen LogP contribution in [-0.2, 0) is 9.63 Å². The third-order valence-corrected chi connectivity index (χ3v) is 5.04. The number of allylic oxidation sites excluding steroid dienone is 1. The topological polar surface area (TPSA) is 103 Å². The molecule has 9 nitrogen and oxygen atoms in total. The molecule has 2 aliphatic rings. The van der Waals surface area contributed by atoms with Gasteiger partial charge in [-0.05, 0) is 42.8 Å². The number of rotatable bonds is 9. The lowest BCUT2D eigenvalue weighted by atomic mass is 10.1. The number of carbonyl (C=O) groups is 1. The van der Waals surface area contributed by atoms with Crippen LogP contribution in [-0.4, -0.2) is 50.1 Å². The fourth-order valence-corrected chi connectivity index (χ4v) is 3.38. The molecule has 0 saturated heterocycles. The van der Waals surface area contributed by atoms with Gasteiger partial charge in [-0.2, -0.15) is 4.99 Å². The number of amides is 1. The number of amidine groups is 2. The monoisotopic (exact) mass is 463 g/mol. The number of carbonyl (C=O) groups excluding carboxylic acids is 1. The first-order valence-corrected chi connectivity index (χ1v) is 10.7. The summed E-state index contributed by atoms with van der Waals surface area (Å²) < 4.78 is 22.2. The van der Waals surface area contributed by atoms with Crippen LogP contribution in [0.3, 0.4) is 0 Å². The molecule has 0 aliphatic carbocycles. The molecule has 0 atom stereocenters. The van der Waals surface area contributed by atoms with Crippen molar-refractivity contribution in [3.05, 3.63) is 65.4 Å². The number of fused-ring (bicyclic) bond motifs is 1. The average Bonchev–Trinajstić information content (AvgIpc) is 3.22. The van der Waals surface area contributed by atoms with E-state index in [2.05, 4.69) is 4.99 Å². The van der Waals surface area contributed by atoms with Crippen molar-refractivity contribution in [2.45, 2.75) is 13.3 Å². The molecule has 0 saturated carbocycles. The molecule has 176 valence electrons. The standard InChI is InChI=1S/C25H25N3O6/c1-16-12-23-27-25(29)20(24(26)28(23)34-16)13-17-8-9-21(22(14-17)31-3)33-11-5-10-32-19-7-4-6-18(15-19)30-2/h4,6-9,12-15,26H,5,10-11H2,1-3H3/b20-13+,26-24?. The molecule has 1 N–H and O–H groups in total. The van der Waals surface area contributed by atoms with Crippen LogP contribution in [0.1, 0.15) is 18.9 Å². The summed E-state index contributed by atoms with van der Waals surface area (Å²) in [7, 11) is 3.16. The van der Waals surface area contributed by atoms with Crippen LogP contribution in [0.2, 0.25) is 0 Å². The second-order valence-corrected chi connectivity index (χ2v) is 7.46. The van der Waals surface area contributed by atoms with E-state index < -0.39 is 5.91 Å². The van der Waals surface area contributed by atoms with Crippen LogP contribution >= 0.6 is 0 Å². The Kier molecular flexibility index (Phi) is 6.82. The summed E-state index contributed by atoms with van der Waals surface area (Å²) in [5.41, 5.74) is 0.790. The molecule has 1 amide bonds. The summed E-state index contributed by atoms with van der Waals surface area (Å²) in [6.45, 7) is 2.65. The summed E-state index contributed by atoms with van der Waals surface area (Å²) in [6.07, 6.45) is 3.86. The normalized spacial score (nSPS) is 16.0. The molecular weight excluding hydrogens is 438 g/mol. The van der Waals surface area contributed by atoms with Gasteiger partial charge in [-0.1, -0.05) is 12.1 Å². The van der Waals surface area contributed by atoms with E-state index in [0.717, 1.165) is 11.5 Å². The molecule has 0 fully saturated rings. The summed E-state index contributed by atoms with van der Waals surface area (Å²) in [5.74, 6) is 2.86. The van der Waals surface area contributed by atoms with Crippen molar-refractivity contribution >= 4 is 23.7 Å². The number of aliphatic imine (C=N–C) groups is 1. The van der Waals surface area contributed by atoms with Gasteiger partial charge in [0.2, 0.25) is 0 Å². The molecule has 9 heteroatoms. The fraction of sp³-hybridized carbons (Fsp3) is 0.240. The molecule has 2 aliphatic heterocycles. The van der Waals surface area contributed by atoms with E-state index in [-0.39, 0.29) is 11.4 Å². The molecule has 0 aromatic heterocycles. The number of benzene rings is 2. The quantitative estimate of drug-likeness (QED) is 0.443. The van der Waals surface area contributed by atoms with E-state index in [1.807, 2.05) is 24.3 Å². The van der Waals surface area contributed by atoms with Gasteiger partial charge >= 0.3 is 0 Å². The van der Waals surface area contributed by atoms with Crippen LogP contribution < -0.4 is 18.9 Å². The number of methoxy groups -OCH3 is 2. The maximum atomic E-state index is 12.4. The van der Waals surface area contributed by atoms with Crippen LogP contribution in [0, 0.1) is 5.41 Å². The molecule has 0 bridgehead atoms. The smallest absolute Gasteiger partial charge is 0.282 e. The zero-order valence-electron chi connectivity index (χ0n) is 19.2. The molecule has 0 spiro atoms. The van der Waals surface area contributed by atoms with Gasteiger partial charge in [0.1, 0.15) is 17.3 Å². The van der Waals surface area contributed by atoms with Crippen molar-refractivity contribution in [3.63, 3.8) is 0 Å². The van der Waals surface area contributed by atoms with Crippen molar-refractivity contribution in [2.24, 2.45) is 4.99 Å². The third kappa shape index (κ3) is 5.03. The van der Waals surface area contributed by atoms with Gasteiger partial charge < -0.3 is 23.8 Å². The maximum absolute atomic E-state index is 12.4. The summed E-state index contributed by atoms with van der Waals surface area (Å²) in [5, 5.41) is 9.55. The van der Waals surface area contributed by atoms with Gasteiger partial charge in [0.15, 0.2) is 23.2 Å². The zero-order valence-corrected chi connectivity index (χ0v) is 19.2. The van der Waals surface area contributed by atoms with E-state index in [1.54, 1.807) is 51.5 Å². The molecule has 0 radical (unpaired) electrons. The van der Waals surface area contributed by atoms with E-state index in [0.29, 0.717) is 48.3 Å². The summed E-state index contributed by atoms with van der Waals surface area (Å²) in [6, 6.07) is 12.7. The van der Waals surface area contributed by atoms with E-state index in [4.69, 9.17) is 29.2 Å². The number of hydroxylamine groups is 2.